The lowest BCUT2D eigenvalue weighted by Crippen LogP contribution is -2.16. The normalized spacial score (nSPS) is 22.4. The number of aromatic nitrogens is 4. The maximum atomic E-state index is 5.44. The number of ether oxygens (including phenoxy) is 1. The molecule has 13 heavy (non-hydrogen) atoms. The van der Waals surface area contributed by atoms with Crippen molar-refractivity contribution in [3.05, 3.63) is 5.82 Å². The zero-order chi connectivity index (χ0) is 9.10. The van der Waals surface area contributed by atoms with Gasteiger partial charge in [-0.05, 0) is 16.8 Å². The average Bonchev–Trinajstić information content (AvgIpc) is 2.71. The highest BCUT2D eigenvalue weighted by atomic mass is 16.5. The lowest BCUT2D eigenvalue weighted by atomic mass is 10.1. The van der Waals surface area contributed by atoms with Crippen LogP contribution in [0.25, 0.3) is 0 Å². The van der Waals surface area contributed by atoms with E-state index < -0.39 is 0 Å². The van der Waals surface area contributed by atoms with E-state index >= 15 is 0 Å². The van der Waals surface area contributed by atoms with Crippen molar-refractivity contribution in [2.45, 2.75) is 18.9 Å². The highest BCUT2D eigenvalue weighted by Crippen LogP contribution is 2.22. The molecule has 1 saturated heterocycles. The molecule has 1 aliphatic heterocycles. The predicted molar refractivity (Wildman–Crippen MR) is 45.0 cm³/mol. The molecule has 1 aliphatic rings. The first-order valence-electron chi connectivity index (χ1n) is 4.45. The molecule has 2 rings (SSSR count). The van der Waals surface area contributed by atoms with Crippen LogP contribution in [0.1, 0.15) is 18.2 Å². The fourth-order valence-corrected chi connectivity index (χ4v) is 1.52. The van der Waals surface area contributed by atoms with Crippen LogP contribution < -0.4 is 5.73 Å². The Bertz CT molecular complexity index is 268. The quantitative estimate of drug-likeness (QED) is 0.659. The van der Waals surface area contributed by atoms with Crippen LogP contribution in [0.3, 0.4) is 0 Å². The van der Waals surface area contributed by atoms with Gasteiger partial charge in [0.15, 0.2) is 5.82 Å². The maximum Gasteiger partial charge on any atom is 0.156 e. The van der Waals surface area contributed by atoms with E-state index in [1.807, 2.05) is 0 Å². The molecule has 1 aromatic heterocycles. The van der Waals surface area contributed by atoms with Crippen molar-refractivity contribution in [2.24, 2.45) is 5.73 Å². The summed E-state index contributed by atoms with van der Waals surface area (Å²) in [6.45, 7) is 2.77. The van der Waals surface area contributed by atoms with E-state index in [0.29, 0.717) is 19.0 Å². The zero-order valence-electron chi connectivity index (χ0n) is 7.39. The number of rotatable bonds is 3. The van der Waals surface area contributed by atoms with Crippen molar-refractivity contribution >= 4 is 0 Å². The smallest absolute Gasteiger partial charge is 0.156 e. The molecule has 6 nitrogen and oxygen atoms in total. The number of nitrogens with two attached hydrogens (primary N) is 1. The summed E-state index contributed by atoms with van der Waals surface area (Å²) >= 11 is 0. The highest BCUT2D eigenvalue weighted by molar-refractivity contribution is 4.95. The summed E-state index contributed by atoms with van der Waals surface area (Å²) in [6, 6.07) is 0. The van der Waals surface area contributed by atoms with Crippen LogP contribution in [0.2, 0.25) is 0 Å². The van der Waals surface area contributed by atoms with Crippen molar-refractivity contribution in [3.8, 4) is 0 Å². The van der Waals surface area contributed by atoms with E-state index in [4.69, 9.17) is 10.5 Å². The van der Waals surface area contributed by atoms with Crippen LogP contribution in [0.4, 0.5) is 0 Å². The van der Waals surface area contributed by atoms with E-state index in [2.05, 4.69) is 15.5 Å². The fourth-order valence-electron chi connectivity index (χ4n) is 1.52. The average molecular weight is 183 g/mol. The first-order chi connectivity index (χ1) is 6.42. The Kier molecular flexibility index (Phi) is 2.51. The number of hydrogen-bond donors (Lipinski definition) is 1. The van der Waals surface area contributed by atoms with E-state index in [1.165, 1.54) is 0 Å². The van der Waals surface area contributed by atoms with Crippen molar-refractivity contribution in [2.75, 3.05) is 19.8 Å². The van der Waals surface area contributed by atoms with Gasteiger partial charge in [-0.3, -0.25) is 0 Å². The molecule has 1 atom stereocenters. The highest BCUT2D eigenvalue weighted by Gasteiger charge is 2.23. The van der Waals surface area contributed by atoms with Crippen LogP contribution in [-0.4, -0.2) is 40.0 Å². The minimum absolute atomic E-state index is 0.349. The first-order valence-corrected chi connectivity index (χ1v) is 4.45. The second-order valence-electron chi connectivity index (χ2n) is 3.11. The molecule has 72 valence electrons. The summed E-state index contributed by atoms with van der Waals surface area (Å²) in [5, 5.41) is 11.5. The third kappa shape index (κ3) is 1.68. The van der Waals surface area contributed by atoms with Crippen molar-refractivity contribution in [3.63, 3.8) is 0 Å². The number of tetrazole rings is 1. The molecule has 2 N–H and O–H groups in total. The second kappa shape index (κ2) is 3.80. The first kappa shape index (κ1) is 8.58. The maximum absolute atomic E-state index is 5.44. The van der Waals surface area contributed by atoms with E-state index in [0.717, 1.165) is 25.5 Å². The molecule has 1 unspecified atom stereocenters. The molecule has 0 aromatic carbocycles. The van der Waals surface area contributed by atoms with Gasteiger partial charge >= 0.3 is 0 Å². The Hall–Kier alpha value is -1.01. The van der Waals surface area contributed by atoms with Crippen LogP contribution in [0.15, 0.2) is 0 Å². The molecule has 2 heterocycles. The molecule has 0 saturated carbocycles. The van der Waals surface area contributed by atoms with Gasteiger partial charge < -0.3 is 10.5 Å². The van der Waals surface area contributed by atoms with E-state index in [-0.39, 0.29) is 0 Å². The monoisotopic (exact) mass is 183 g/mol. The Labute approximate surface area is 76.1 Å². The summed E-state index contributed by atoms with van der Waals surface area (Å²) in [6.07, 6.45) is 1.00. The summed E-state index contributed by atoms with van der Waals surface area (Å²) in [5.41, 5.74) is 5.44. The Morgan fingerprint density at radius 1 is 1.62 bits per heavy atom. The van der Waals surface area contributed by atoms with Gasteiger partial charge in [-0.25, -0.2) is 4.68 Å². The van der Waals surface area contributed by atoms with Crippen molar-refractivity contribution in [1.29, 1.82) is 0 Å². The Morgan fingerprint density at radius 3 is 3.23 bits per heavy atom. The Morgan fingerprint density at radius 2 is 2.54 bits per heavy atom. The molecule has 0 aliphatic carbocycles. The summed E-state index contributed by atoms with van der Waals surface area (Å²) in [5.74, 6) is 1.25. The lowest BCUT2D eigenvalue weighted by molar-refractivity contribution is 0.192. The van der Waals surface area contributed by atoms with Gasteiger partial charge in [-0.1, -0.05) is 0 Å². The third-order valence-corrected chi connectivity index (χ3v) is 2.20. The third-order valence-electron chi connectivity index (χ3n) is 2.20. The molecule has 1 aromatic rings. The van der Waals surface area contributed by atoms with Gasteiger partial charge in [0.1, 0.15) is 0 Å². The molecule has 0 amide bonds. The minimum Gasteiger partial charge on any atom is -0.381 e. The standard InChI is InChI=1S/C7H13N5O/c8-2-3-12-7(9-10-11-12)6-1-4-13-5-6/h6H,1-5,8H2. The largest absolute Gasteiger partial charge is 0.381 e. The van der Waals surface area contributed by atoms with Crippen LogP contribution in [-0.2, 0) is 11.3 Å². The van der Waals surface area contributed by atoms with Gasteiger partial charge in [0.05, 0.1) is 13.2 Å². The number of hydrogen-bond acceptors (Lipinski definition) is 5. The van der Waals surface area contributed by atoms with Gasteiger partial charge in [0, 0.05) is 19.1 Å². The van der Waals surface area contributed by atoms with Gasteiger partial charge in [-0.15, -0.1) is 5.10 Å². The van der Waals surface area contributed by atoms with Gasteiger partial charge in [0.2, 0.25) is 0 Å². The van der Waals surface area contributed by atoms with Crippen LogP contribution in [0, 0.1) is 0 Å². The second-order valence-corrected chi connectivity index (χ2v) is 3.11. The predicted octanol–water partition coefficient (Wildman–Crippen LogP) is -0.864. The fraction of sp³-hybridized carbons (Fsp3) is 0.857. The molecular weight excluding hydrogens is 170 g/mol. The SMILES string of the molecule is NCCn1nnnc1C1CCOC1. The molecule has 0 radical (unpaired) electrons. The minimum atomic E-state index is 0.349. The zero-order valence-corrected chi connectivity index (χ0v) is 7.39. The van der Waals surface area contributed by atoms with E-state index in [9.17, 15) is 0 Å². The summed E-state index contributed by atoms with van der Waals surface area (Å²) < 4.78 is 7.04. The molecular formula is C7H13N5O. The summed E-state index contributed by atoms with van der Waals surface area (Å²) in [7, 11) is 0. The summed E-state index contributed by atoms with van der Waals surface area (Å²) in [4.78, 5) is 0. The number of nitrogens with zero attached hydrogens (tertiary/aromatic N) is 4. The van der Waals surface area contributed by atoms with Crippen LogP contribution in [0.5, 0.6) is 0 Å². The van der Waals surface area contributed by atoms with Gasteiger partial charge in [-0.2, -0.15) is 0 Å². The molecule has 0 bridgehead atoms. The van der Waals surface area contributed by atoms with E-state index in [1.54, 1.807) is 4.68 Å². The van der Waals surface area contributed by atoms with Crippen molar-refractivity contribution < 1.29 is 4.74 Å². The molecule has 1 fully saturated rings. The van der Waals surface area contributed by atoms with Crippen molar-refractivity contribution in [1.82, 2.24) is 20.2 Å². The molecule has 6 heteroatoms. The van der Waals surface area contributed by atoms with Gasteiger partial charge in [0.25, 0.3) is 0 Å². The topological polar surface area (TPSA) is 78.9 Å². The Balaban J connectivity index is 2.13. The lowest BCUT2D eigenvalue weighted by Gasteiger charge is -2.06. The van der Waals surface area contributed by atoms with Crippen LogP contribution >= 0.6 is 0 Å². The molecule has 0 spiro atoms.